The zero-order valence-electron chi connectivity index (χ0n) is 11.3. The van der Waals surface area contributed by atoms with E-state index in [4.69, 9.17) is 0 Å². The van der Waals surface area contributed by atoms with Crippen LogP contribution in [0, 0.1) is 0 Å². The lowest BCUT2D eigenvalue weighted by Crippen LogP contribution is -2.41. The molecule has 1 saturated heterocycles. The molecule has 110 valence electrons. The quantitative estimate of drug-likeness (QED) is 0.900. The van der Waals surface area contributed by atoms with Crippen LogP contribution in [0.25, 0.3) is 0 Å². The fourth-order valence-electron chi connectivity index (χ4n) is 2.55. The van der Waals surface area contributed by atoms with Crippen LogP contribution in [-0.2, 0) is 0 Å². The molecule has 20 heavy (non-hydrogen) atoms. The van der Waals surface area contributed by atoms with Gasteiger partial charge < -0.3 is 15.0 Å². The summed E-state index contributed by atoms with van der Waals surface area (Å²) in [4.78, 5) is 14.2. The maximum absolute atomic E-state index is 12.5. The number of ether oxygens (including phenoxy) is 1. The standard InChI is InChI=1S/C14H18F2N2O2/c1-17-9-10-5-4-8-18(10)13(19)11-6-2-3-7-12(11)20-14(15)16/h2-3,6-7,10,14,17H,4-5,8-9H2,1H3. The van der Waals surface area contributed by atoms with Crippen molar-refractivity contribution in [3.8, 4) is 5.75 Å². The monoisotopic (exact) mass is 284 g/mol. The number of hydrogen-bond acceptors (Lipinski definition) is 3. The van der Waals surface area contributed by atoms with Crippen LogP contribution in [0.4, 0.5) is 8.78 Å². The molecular formula is C14H18F2N2O2. The predicted octanol–water partition coefficient (Wildman–Crippen LogP) is 2.11. The number of alkyl halides is 2. The molecule has 1 atom stereocenters. The summed E-state index contributed by atoms with van der Waals surface area (Å²) >= 11 is 0. The van der Waals surface area contributed by atoms with Gasteiger partial charge in [0.25, 0.3) is 5.91 Å². The topological polar surface area (TPSA) is 41.6 Å². The SMILES string of the molecule is CNCC1CCCN1C(=O)c1ccccc1OC(F)F. The number of carbonyl (C=O) groups excluding carboxylic acids is 1. The van der Waals surface area contributed by atoms with Crippen LogP contribution in [0.15, 0.2) is 24.3 Å². The fraction of sp³-hybridized carbons (Fsp3) is 0.500. The Morgan fingerprint density at radius 2 is 2.25 bits per heavy atom. The molecule has 4 nitrogen and oxygen atoms in total. The highest BCUT2D eigenvalue weighted by Crippen LogP contribution is 2.26. The van der Waals surface area contributed by atoms with Gasteiger partial charge in [-0.25, -0.2) is 0 Å². The number of nitrogens with zero attached hydrogens (tertiary/aromatic N) is 1. The van der Waals surface area contributed by atoms with Crippen LogP contribution < -0.4 is 10.1 Å². The number of nitrogens with one attached hydrogen (secondary N) is 1. The van der Waals surface area contributed by atoms with E-state index in [1.807, 2.05) is 7.05 Å². The van der Waals surface area contributed by atoms with Crippen molar-refractivity contribution in [1.29, 1.82) is 0 Å². The number of hydrogen-bond donors (Lipinski definition) is 1. The Morgan fingerprint density at radius 1 is 1.50 bits per heavy atom. The van der Waals surface area contributed by atoms with Gasteiger partial charge in [0, 0.05) is 19.1 Å². The summed E-state index contributed by atoms with van der Waals surface area (Å²) in [5.41, 5.74) is 0.191. The molecule has 6 heteroatoms. The number of carbonyl (C=O) groups is 1. The van der Waals surface area contributed by atoms with Crippen molar-refractivity contribution in [3.63, 3.8) is 0 Å². The molecule has 0 saturated carbocycles. The van der Waals surface area contributed by atoms with Gasteiger partial charge in [-0.05, 0) is 32.0 Å². The van der Waals surface area contributed by atoms with Crippen LogP contribution >= 0.6 is 0 Å². The second-order valence-electron chi connectivity index (χ2n) is 4.73. The number of rotatable bonds is 5. The van der Waals surface area contributed by atoms with Gasteiger partial charge >= 0.3 is 6.61 Å². The summed E-state index contributed by atoms with van der Waals surface area (Å²) in [5.74, 6) is -0.318. The van der Waals surface area contributed by atoms with Gasteiger partial charge in [0.05, 0.1) is 5.56 Å². The van der Waals surface area contributed by atoms with Gasteiger partial charge in [-0.2, -0.15) is 8.78 Å². The van der Waals surface area contributed by atoms with Crippen LogP contribution in [0.1, 0.15) is 23.2 Å². The first-order valence-electron chi connectivity index (χ1n) is 6.63. The lowest BCUT2D eigenvalue weighted by molar-refractivity contribution is -0.0502. The normalized spacial score (nSPS) is 18.6. The maximum atomic E-state index is 12.5. The third kappa shape index (κ3) is 3.25. The minimum atomic E-state index is -2.93. The first-order chi connectivity index (χ1) is 9.63. The highest BCUT2D eigenvalue weighted by molar-refractivity contribution is 5.97. The molecule has 1 unspecified atom stereocenters. The second kappa shape index (κ2) is 6.65. The van der Waals surface area contributed by atoms with E-state index in [0.29, 0.717) is 13.1 Å². The van der Waals surface area contributed by atoms with Crippen LogP contribution in [-0.4, -0.2) is 43.6 Å². The van der Waals surface area contributed by atoms with E-state index in [0.717, 1.165) is 12.8 Å². The molecule has 2 rings (SSSR count). The van der Waals surface area contributed by atoms with Crippen molar-refractivity contribution in [2.45, 2.75) is 25.5 Å². The largest absolute Gasteiger partial charge is 0.434 e. The molecule has 0 aromatic heterocycles. The number of para-hydroxylation sites is 1. The van der Waals surface area contributed by atoms with E-state index in [1.54, 1.807) is 17.0 Å². The van der Waals surface area contributed by atoms with Gasteiger partial charge in [0.1, 0.15) is 5.75 Å². The number of halogens is 2. The van der Waals surface area contributed by atoms with Crippen molar-refractivity contribution < 1.29 is 18.3 Å². The Balaban J connectivity index is 2.20. The highest BCUT2D eigenvalue weighted by Gasteiger charge is 2.30. The van der Waals surface area contributed by atoms with Crippen LogP contribution in [0.2, 0.25) is 0 Å². The molecule has 1 aliphatic heterocycles. The van der Waals surface area contributed by atoms with E-state index in [2.05, 4.69) is 10.1 Å². The van der Waals surface area contributed by atoms with E-state index < -0.39 is 6.61 Å². The molecule has 1 N–H and O–H groups in total. The average molecular weight is 284 g/mol. The molecule has 1 aliphatic rings. The van der Waals surface area contributed by atoms with Crippen molar-refractivity contribution in [2.24, 2.45) is 0 Å². The van der Waals surface area contributed by atoms with Crippen molar-refractivity contribution in [2.75, 3.05) is 20.1 Å². The summed E-state index contributed by atoms with van der Waals surface area (Å²) in [6.45, 7) is -1.59. The minimum absolute atomic E-state index is 0.0670. The Bertz CT molecular complexity index is 468. The van der Waals surface area contributed by atoms with E-state index in [-0.39, 0.29) is 23.3 Å². The van der Waals surface area contributed by atoms with Crippen molar-refractivity contribution >= 4 is 5.91 Å². The van der Waals surface area contributed by atoms with Crippen molar-refractivity contribution in [3.05, 3.63) is 29.8 Å². The van der Waals surface area contributed by atoms with Crippen molar-refractivity contribution in [1.82, 2.24) is 10.2 Å². The van der Waals surface area contributed by atoms with Gasteiger partial charge in [-0.1, -0.05) is 12.1 Å². The first kappa shape index (κ1) is 14.7. The predicted molar refractivity (Wildman–Crippen MR) is 71.1 cm³/mol. The summed E-state index contributed by atoms with van der Waals surface area (Å²) in [6.07, 6.45) is 1.85. The lowest BCUT2D eigenvalue weighted by atomic mass is 10.1. The molecule has 1 aromatic rings. The first-order valence-corrected chi connectivity index (χ1v) is 6.63. The minimum Gasteiger partial charge on any atom is -0.434 e. The molecule has 1 heterocycles. The molecule has 0 radical (unpaired) electrons. The highest BCUT2D eigenvalue weighted by atomic mass is 19.3. The number of benzene rings is 1. The van der Waals surface area contributed by atoms with Gasteiger partial charge in [0.15, 0.2) is 0 Å². The number of amides is 1. The van der Waals surface area contributed by atoms with E-state index in [9.17, 15) is 13.6 Å². The van der Waals surface area contributed by atoms with Gasteiger partial charge in [0.2, 0.25) is 0 Å². The molecular weight excluding hydrogens is 266 g/mol. The zero-order valence-corrected chi connectivity index (χ0v) is 11.3. The molecule has 1 amide bonds. The second-order valence-corrected chi connectivity index (χ2v) is 4.73. The summed E-state index contributed by atoms with van der Waals surface area (Å²) in [6, 6.07) is 6.24. The van der Waals surface area contributed by atoms with E-state index >= 15 is 0 Å². The summed E-state index contributed by atoms with van der Waals surface area (Å²) < 4.78 is 29.2. The maximum Gasteiger partial charge on any atom is 0.387 e. The fourth-order valence-corrected chi connectivity index (χ4v) is 2.55. The Kier molecular flexibility index (Phi) is 4.89. The molecule has 0 spiro atoms. The molecule has 0 bridgehead atoms. The average Bonchev–Trinajstić information content (AvgIpc) is 2.86. The smallest absolute Gasteiger partial charge is 0.387 e. The molecule has 1 aromatic carbocycles. The molecule has 1 fully saturated rings. The van der Waals surface area contributed by atoms with Gasteiger partial charge in [-0.3, -0.25) is 4.79 Å². The Hall–Kier alpha value is -1.69. The van der Waals surface area contributed by atoms with Crippen LogP contribution in [0.5, 0.6) is 5.75 Å². The third-order valence-electron chi connectivity index (χ3n) is 3.41. The van der Waals surface area contributed by atoms with Crippen LogP contribution in [0.3, 0.4) is 0 Å². The molecule has 0 aliphatic carbocycles. The number of likely N-dealkylation sites (tertiary alicyclic amines) is 1. The lowest BCUT2D eigenvalue weighted by Gasteiger charge is -2.25. The van der Waals surface area contributed by atoms with E-state index in [1.165, 1.54) is 12.1 Å². The van der Waals surface area contributed by atoms with Gasteiger partial charge in [-0.15, -0.1) is 0 Å². The Morgan fingerprint density at radius 3 is 2.95 bits per heavy atom. The Labute approximate surface area is 116 Å². The zero-order chi connectivity index (χ0) is 14.5. The summed E-state index contributed by atoms with van der Waals surface area (Å²) in [7, 11) is 1.83. The third-order valence-corrected chi connectivity index (χ3v) is 3.41. The summed E-state index contributed by atoms with van der Waals surface area (Å²) in [5, 5.41) is 3.05. The number of likely N-dealkylation sites (N-methyl/N-ethyl adjacent to an activating group) is 1.